The molecule has 49 heavy (non-hydrogen) atoms. The molecule has 6 rings (SSSR count). The lowest BCUT2D eigenvalue weighted by molar-refractivity contribution is -0.117. The zero-order chi connectivity index (χ0) is 35.5. The zero-order valence-electron chi connectivity index (χ0n) is 29.8. The SMILES string of the molecule is CCOC(=O)OC1=C(c2cc(C)ccc2C)C(=O)NC12CCC(OC)CC2.COC1CCC2(CC1)NC(=O)C(c1cc(C)ccc1C)=C2O. The monoisotopic (exact) mass is 674 g/mol. The number of carbonyl (C=O) groups is 3. The molecule has 2 heterocycles. The third-order valence-corrected chi connectivity index (χ3v) is 10.5. The summed E-state index contributed by atoms with van der Waals surface area (Å²) >= 11 is 0. The van der Waals surface area contributed by atoms with Crippen molar-refractivity contribution in [2.45, 2.75) is 109 Å². The third kappa shape index (κ3) is 7.26. The lowest BCUT2D eigenvalue weighted by atomic mass is 9.79. The van der Waals surface area contributed by atoms with Crippen LogP contribution in [0.15, 0.2) is 47.9 Å². The van der Waals surface area contributed by atoms with Crippen LogP contribution >= 0.6 is 0 Å². The molecule has 0 bridgehead atoms. The van der Waals surface area contributed by atoms with Crippen LogP contribution in [0.5, 0.6) is 0 Å². The lowest BCUT2D eigenvalue weighted by Gasteiger charge is -2.37. The number of hydrogen-bond acceptors (Lipinski definition) is 8. The van der Waals surface area contributed by atoms with Gasteiger partial charge in [0.15, 0.2) is 0 Å². The van der Waals surface area contributed by atoms with Gasteiger partial charge in [-0.05, 0) is 108 Å². The number of carbonyl (C=O) groups excluding carboxylic acids is 3. The first-order valence-electron chi connectivity index (χ1n) is 17.3. The topological polar surface area (TPSA) is 132 Å². The highest BCUT2D eigenvalue weighted by atomic mass is 16.7. The van der Waals surface area contributed by atoms with Crippen LogP contribution in [0.3, 0.4) is 0 Å². The third-order valence-electron chi connectivity index (χ3n) is 10.5. The largest absolute Gasteiger partial charge is 0.513 e. The van der Waals surface area contributed by atoms with Gasteiger partial charge in [-0.25, -0.2) is 4.79 Å². The van der Waals surface area contributed by atoms with Gasteiger partial charge in [0.25, 0.3) is 11.8 Å². The number of benzene rings is 2. The highest BCUT2D eigenvalue weighted by molar-refractivity contribution is 6.24. The maximum atomic E-state index is 13.0. The van der Waals surface area contributed by atoms with E-state index in [2.05, 4.69) is 10.6 Å². The molecule has 10 nitrogen and oxygen atoms in total. The highest BCUT2D eigenvalue weighted by Crippen LogP contribution is 2.45. The van der Waals surface area contributed by atoms with Gasteiger partial charge in [-0.2, -0.15) is 0 Å². The Morgan fingerprint density at radius 2 is 1.20 bits per heavy atom. The van der Waals surface area contributed by atoms with Gasteiger partial charge in [0.2, 0.25) is 0 Å². The predicted octanol–water partition coefficient (Wildman–Crippen LogP) is 6.68. The molecule has 2 spiro atoms. The number of methoxy groups -OCH3 is 2. The van der Waals surface area contributed by atoms with Crippen molar-refractivity contribution in [1.29, 1.82) is 0 Å². The standard InChI is InChI=1S/C21H27NO5.C18H23NO3/c1-5-26-20(24)27-18-17(16-12-13(2)6-7-14(16)3)19(23)22-21(18)10-8-15(25-4)9-11-21;1-11-4-5-12(2)14(10-11)15-16(20)18(19-17(15)21)8-6-13(22-3)7-9-18/h6-7,12,15H,5,8-11H2,1-4H3,(H,22,23);4-5,10,13,20H,6-9H2,1-3H3,(H,19,21). The van der Waals surface area contributed by atoms with Gasteiger partial charge >= 0.3 is 6.16 Å². The molecule has 264 valence electrons. The number of aryl methyl sites for hydroxylation is 4. The number of rotatable bonds is 6. The van der Waals surface area contributed by atoms with Crippen LogP contribution in [0.2, 0.25) is 0 Å². The Morgan fingerprint density at radius 3 is 1.69 bits per heavy atom. The molecule has 2 aliphatic carbocycles. The number of aliphatic hydroxyl groups excluding tert-OH is 1. The quantitative estimate of drug-likeness (QED) is 0.290. The molecular weight excluding hydrogens is 624 g/mol. The smallest absolute Gasteiger partial charge is 0.509 e. The molecule has 2 amide bonds. The molecule has 10 heteroatoms. The zero-order valence-corrected chi connectivity index (χ0v) is 29.8. The molecule has 2 saturated carbocycles. The van der Waals surface area contributed by atoms with Crippen molar-refractivity contribution in [2.24, 2.45) is 0 Å². The van der Waals surface area contributed by atoms with Gasteiger partial charge in [-0.1, -0.05) is 47.5 Å². The normalized spacial score (nSPS) is 26.4. The summed E-state index contributed by atoms with van der Waals surface area (Å²) in [6.45, 7) is 9.82. The minimum Gasteiger partial charge on any atom is -0.509 e. The van der Waals surface area contributed by atoms with Crippen molar-refractivity contribution in [3.8, 4) is 0 Å². The molecule has 2 aliphatic heterocycles. The summed E-state index contributed by atoms with van der Waals surface area (Å²) in [5.41, 5.74) is 5.29. The second-order valence-corrected chi connectivity index (χ2v) is 13.8. The van der Waals surface area contributed by atoms with Crippen molar-refractivity contribution < 1.29 is 38.4 Å². The van der Waals surface area contributed by atoms with Crippen LogP contribution in [0.25, 0.3) is 11.1 Å². The van der Waals surface area contributed by atoms with E-state index >= 15 is 0 Å². The summed E-state index contributed by atoms with van der Waals surface area (Å²) in [4.78, 5) is 37.6. The van der Waals surface area contributed by atoms with E-state index in [9.17, 15) is 19.5 Å². The van der Waals surface area contributed by atoms with E-state index in [-0.39, 0.29) is 36.4 Å². The fraction of sp³-hybridized carbons (Fsp3) is 0.513. The molecule has 4 aliphatic rings. The summed E-state index contributed by atoms with van der Waals surface area (Å²) in [7, 11) is 3.41. The molecular formula is C39H50N2O8. The molecule has 2 aromatic carbocycles. The molecule has 0 unspecified atom stereocenters. The average Bonchev–Trinajstić information content (AvgIpc) is 3.47. The van der Waals surface area contributed by atoms with Crippen molar-refractivity contribution in [3.63, 3.8) is 0 Å². The Bertz CT molecular complexity index is 1660. The van der Waals surface area contributed by atoms with E-state index in [4.69, 9.17) is 18.9 Å². The molecule has 0 aromatic heterocycles. The minimum atomic E-state index is -0.778. The maximum absolute atomic E-state index is 13.0. The van der Waals surface area contributed by atoms with E-state index in [1.54, 1.807) is 21.1 Å². The number of aliphatic hydroxyl groups is 1. The fourth-order valence-electron chi connectivity index (χ4n) is 7.60. The van der Waals surface area contributed by atoms with Crippen LogP contribution in [-0.4, -0.2) is 67.2 Å². The summed E-state index contributed by atoms with van der Waals surface area (Å²) < 4.78 is 21.5. The number of nitrogens with one attached hydrogen (secondary N) is 2. The van der Waals surface area contributed by atoms with Gasteiger partial charge < -0.3 is 34.7 Å². The van der Waals surface area contributed by atoms with Crippen LogP contribution in [-0.2, 0) is 28.5 Å². The lowest BCUT2D eigenvalue weighted by Crippen LogP contribution is -2.49. The van der Waals surface area contributed by atoms with Crippen molar-refractivity contribution in [3.05, 3.63) is 81.3 Å². The van der Waals surface area contributed by atoms with Crippen molar-refractivity contribution >= 4 is 29.1 Å². The number of hydrogen-bond donors (Lipinski definition) is 3. The van der Waals surface area contributed by atoms with Gasteiger partial charge in [0.1, 0.15) is 11.5 Å². The summed E-state index contributed by atoms with van der Waals surface area (Å²) in [6.07, 6.45) is 5.61. The minimum absolute atomic E-state index is 0.154. The maximum Gasteiger partial charge on any atom is 0.513 e. The second-order valence-electron chi connectivity index (χ2n) is 13.8. The molecule has 0 atom stereocenters. The van der Waals surface area contributed by atoms with Crippen molar-refractivity contribution in [1.82, 2.24) is 10.6 Å². The Hall–Kier alpha value is -4.15. The Morgan fingerprint density at radius 1 is 0.755 bits per heavy atom. The van der Waals surface area contributed by atoms with Crippen LogP contribution in [0.1, 0.15) is 91.7 Å². The van der Waals surface area contributed by atoms with Crippen LogP contribution in [0.4, 0.5) is 4.79 Å². The van der Waals surface area contributed by atoms with Gasteiger partial charge in [-0.3, -0.25) is 9.59 Å². The Kier molecular flexibility index (Phi) is 10.9. The van der Waals surface area contributed by atoms with E-state index < -0.39 is 17.2 Å². The molecule has 3 N–H and O–H groups in total. The number of amides is 2. The predicted molar refractivity (Wildman–Crippen MR) is 187 cm³/mol. The van der Waals surface area contributed by atoms with Crippen LogP contribution < -0.4 is 10.6 Å². The fourth-order valence-corrected chi connectivity index (χ4v) is 7.60. The second kappa shape index (κ2) is 14.8. The van der Waals surface area contributed by atoms with Gasteiger partial charge in [-0.15, -0.1) is 0 Å². The summed E-state index contributed by atoms with van der Waals surface area (Å²) in [6, 6.07) is 11.9. The molecule has 0 saturated heterocycles. The highest BCUT2D eigenvalue weighted by Gasteiger charge is 2.51. The van der Waals surface area contributed by atoms with E-state index in [1.807, 2.05) is 64.1 Å². The van der Waals surface area contributed by atoms with Gasteiger partial charge in [0, 0.05) is 14.2 Å². The first-order valence-corrected chi connectivity index (χ1v) is 17.3. The van der Waals surface area contributed by atoms with E-state index in [1.165, 1.54) is 0 Å². The number of ether oxygens (including phenoxy) is 4. The van der Waals surface area contributed by atoms with Crippen LogP contribution in [0, 0.1) is 27.7 Å². The van der Waals surface area contributed by atoms with E-state index in [0.717, 1.165) is 71.9 Å². The van der Waals surface area contributed by atoms with Crippen molar-refractivity contribution in [2.75, 3.05) is 20.8 Å². The molecule has 2 aromatic rings. The first-order chi connectivity index (χ1) is 23.4. The van der Waals surface area contributed by atoms with E-state index in [0.29, 0.717) is 29.7 Å². The Balaban J connectivity index is 0.000000195. The summed E-state index contributed by atoms with van der Waals surface area (Å²) in [5.74, 6) is 0.218. The molecule has 0 radical (unpaired) electrons. The average molecular weight is 675 g/mol. The summed E-state index contributed by atoms with van der Waals surface area (Å²) in [5, 5.41) is 17.0. The molecule has 2 fully saturated rings. The Labute approximate surface area is 289 Å². The van der Waals surface area contributed by atoms with Gasteiger partial charge in [0.05, 0.1) is 41.0 Å². The first kappa shape index (κ1) is 36.1.